The Morgan fingerprint density at radius 3 is 2.33 bits per heavy atom. The van der Waals surface area contributed by atoms with Gasteiger partial charge in [-0.05, 0) is 12.5 Å². The van der Waals surface area contributed by atoms with E-state index in [1.165, 1.54) is 24.1 Å². The first kappa shape index (κ1) is 14.5. The average molecular weight is 261 g/mol. The summed E-state index contributed by atoms with van der Waals surface area (Å²) in [5, 5.41) is 0. The van der Waals surface area contributed by atoms with Crippen LogP contribution in [0.1, 0.15) is 21.6 Å². The van der Waals surface area contributed by atoms with Gasteiger partial charge in [0.05, 0.1) is 0 Å². The van der Waals surface area contributed by atoms with Gasteiger partial charge in [0.1, 0.15) is 5.56 Å². The van der Waals surface area contributed by atoms with E-state index in [-0.39, 0.29) is 5.91 Å². The summed E-state index contributed by atoms with van der Waals surface area (Å²) in [5.41, 5.74) is 1.32. The molecule has 0 spiro atoms. The summed E-state index contributed by atoms with van der Waals surface area (Å²) < 4.78 is 38.2. The maximum atomic E-state index is 12.4. The average Bonchev–Trinajstić information content (AvgIpc) is 2.20. The van der Waals surface area contributed by atoms with Crippen LogP contribution in [-0.2, 0) is 6.54 Å². The Morgan fingerprint density at radius 1 is 1.33 bits per heavy atom. The number of hydrogen-bond donors (Lipinski definition) is 0. The van der Waals surface area contributed by atoms with Gasteiger partial charge >= 0.3 is 6.18 Å². The number of aromatic nitrogens is 1. The van der Waals surface area contributed by atoms with Crippen LogP contribution in [0.4, 0.5) is 13.2 Å². The van der Waals surface area contributed by atoms with E-state index in [0.717, 1.165) is 4.57 Å². The number of rotatable bonds is 2. The highest BCUT2D eigenvalue weighted by Gasteiger charge is 2.35. The Kier molecular flexibility index (Phi) is 3.98. The summed E-state index contributed by atoms with van der Waals surface area (Å²) in [4.78, 5) is 13.3. The minimum atomic E-state index is -4.30. The molecule has 0 radical (unpaired) electrons. The van der Waals surface area contributed by atoms with Crippen LogP contribution < -0.4 is 4.57 Å². The lowest BCUT2D eigenvalue weighted by molar-refractivity contribution is -0.724. The van der Waals surface area contributed by atoms with Crippen molar-refractivity contribution in [2.24, 2.45) is 0 Å². The lowest BCUT2D eigenvalue weighted by atomic mass is 10.1. The van der Waals surface area contributed by atoms with E-state index in [9.17, 15) is 18.0 Å². The highest BCUT2D eigenvalue weighted by molar-refractivity contribution is 5.95. The number of alkyl halides is 3. The van der Waals surface area contributed by atoms with Crippen LogP contribution >= 0.6 is 0 Å². The number of carbonyl (C=O) groups excluding carboxylic acids is 1. The monoisotopic (exact) mass is 261 g/mol. The molecule has 0 aliphatic heterocycles. The summed E-state index contributed by atoms with van der Waals surface area (Å²) in [6.45, 7) is 2.14. The second-order valence-electron chi connectivity index (χ2n) is 4.40. The molecule has 1 amide bonds. The van der Waals surface area contributed by atoms with Crippen LogP contribution in [0.25, 0.3) is 0 Å². The molecule has 0 N–H and O–H groups in total. The zero-order chi connectivity index (χ0) is 14.1. The van der Waals surface area contributed by atoms with Crippen LogP contribution in [0.3, 0.4) is 0 Å². The number of pyridine rings is 1. The molecule has 0 bridgehead atoms. The molecule has 100 valence electrons. The number of hydrogen-bond acceptors (Lipinski definition) is 1. The molecule has 0 aromatic carbocycles. The summed E-state index contributed by atoms with van der Waals surface area (Å²) in [7, 11) is 3.14. The van der Waals surface area contributed by atoms with E-state index in [4.69, 9.17) is 0 Å². The van der Waals surface area contributed by atoms with Crippen LogP contribution in [0, 0.1) is 13.8 Å². The molecule has 0 unspecified atom stereocenters. The molecule has 0 saturated heterocycles. The molecule has 3 nitrogen and oxygen atoms in total. The van der Waals surface area contributed by atoms with Gasteiger partial charge in [-0.2, -0.15) is 17.7 Å². The van der Waals surface area contributed by atoms with Gasteiger partial charge < -0.3 is 4.90 Å². The third kappa shape index (κ3) is 3.21. The fourth-order valence-corrected chi connectivity index (χ4v) is 1.74. The predicted octanol–water partition coefficient (Wildman–Crippen LogP) is 1.86. The normalized spacial score (nSPS) is 11.5. The topological polar surface area (TPSA) is 24.2 Å². The third-order valence-corrected chi connectivity index (χ3v) is 2.66. The van der Waals surface area contributed by atoms with Crippen molar-refractivity contribution in [3.63, 3.8) is 0 Å². The molecule has 0 fully saturated rings. The largest absolute Gasteiger partial charge is 0.448 e. The molecule has 0 aliphatic carbocycles. The fraction of sp³-hybridized carbons (Fsp3) is 0.500. The molecule has 0 aliphatic rings. The molecular formula is C12H16F3N2O+. The molecule has 1 aromatic rings. The SMILES string of the molecule is Cc1cc[n+](CC(F)(F)F)c(C)c1C(=O)N(C)C. The number of nitrogens with zero attached hydrogens (tertiary/aromatic N) is 2. The zero-order valence-corrected chi connectivity index (χ0v) is 10.8. The van der Waals surface area contributed by atoms with Crippen molar-refractivity contribution in [1.82, 2.24) is 4.90 Å². The van der Waals surface area contributed by atoms with Gasteiger partial charge in [0.15, 0.2) is 11.9 Å². The van der Waals surface area contributed by atoms with E-state index in [0.29, 0.717) is 16.8 Å². The van der Waals surface area contributed by atoms with Crippen molar-refractivity contribution in [3.8, 4) is 0 Å². The van der Waals surface area contributed by atoms with Crippen molar-refractivity contribution < 1.29 is 22.5 Å². The first-order valence-electron chi connectivity index (χ1n) is 5.41. The van der Waals surface area contributed by atoms with Crippen molar-refractivity contribution in [1.29, 1.82) is 0 Å². The minimum Gasteiger partial charge on any atom is -0.345 e. The van der Waals surface area contributed by atoms with Crippen molar-refractivity contribution in [2.75, 3.05) is 14.1 Å². The highest BCUT2D eigenvalue weighted by Crippen LogP contribution is 2.17. The molecule has 1 heterocycles. The Bertz CT molecular complexity index is 467. The Morgan fingerprint density at radius 2 is 1.89 bits per heavy atom. The van der Waals surface area contributed by atoms with Crippen LogP contribution in [-0.4, -0.2) is 31.1 Å². The summed E-state index contributed by atoms with van der Waals surface area (Å²) >= 11 is 0. The second kappa shape index (κ2) is 4.96. The van der Waals surface area contributed by atoms with Crippen molar-refractivity contribution >= 4 is 5.91 Å². The van der Waals surface area contributed by atoms with E-state index in [1.807, 2.05) is 0 Å². The summed E-state index contributed by atoms with van der Waals surface area (Å²) in [6.07, 6.45) is -2.95. The quantitative estimate of drug-likeness (QED) is 0.746. The first-order chi connectivity index (χ1) is 8.13. The Labute approximate surface area is 104 Å². The van der Waals surface area contributed by atoms with Crippen LogP contribution in [0.5, 0.6) is 0 Å². The van der Waals surface area contributed by atoms with Crippen molar-refractivity contribution in [3.05, 3.63) is 29.1 Å². The zero-order valence-electron chi connectivity index (χ0n) is 10.8. The molecular weight excluding hydrogens is 245 g/mol. The molecule has 1 aromatic heterocycles. The van der Waals surface area contributed by atoms with E-state index >= 15 is 0 Å². The minimum absolute atomic E-state index is 0.290. The standard InChI is InChI=1S/C12H16F3N2O/c1-8-5-6-17(7-12(13,14)15)9(2)10(8)11(18)16(3)4/h5-6H,7H2,1-4H3/q+1. The molecule has 18 heavy (non-hydrogen) atoms. The predicted molar refractivity (Wildman–Crippen MR) is 60.2 cm³/mol. The van der Waals surface area contributed by atoms with Gasteiger partial charge in [0.25, 0.3) is 5.91 Å². The summed E-state index contributed by atoms with van der Waals surface area (Å²) in [5.74, 6) is -0.290. The van der Waals surface area contributed by atoms with Gasteiger partial charge in [-0.25, -0.2) is 0 Å². The lowest BCUT2D eigenvalue weighted by Crippen LogP contribution is -2.45. The van der Waals surface area contributed by atoms with E-state index < -0.39 is 12.7 Å². The Balaban J connectivity index is 3.27. The maximum Gasteiger partial charge on any atom is 0.448 e. The molecule has 0 saturated carbocycles. The van der Waals surface area contributed by atoms with Gasteiger partial charge in [-0.1, -0.05) is 0 Å². The molecule has 1 rings (SSSR count). The maximum absolute atomic E-state index is 12.4. The number of aryl methyl sites for hydroxylation is 1. The summed E-state index contributed by atoms with van der Waals surface area (Å²) in [6, 6.07) is 1.52. The number of halogens is 3. The number of amides is 1. The van der Waals surface area contributed by atoms with Gasteiger partial charge in [0.2, 0.25) is 6.54 Å². The van der Waals surface area contributed by atoms with E-state index in [2.05, 4.69) is 0 Å². The van der Waals surface area contributed by atoms with Crippen molar-refractivity contribution in [2.45, 2.75) is 26.6 Å². The fourth-order valence-electron chi connectivity index (χ4n) is 1.74. The van der Waals surface area contributed by atoms with Gasteiger partial charge in [-0.3, -0.25) is 4.79 Å². The molecule has 0 atom stereocenters. The second-order valence-corrected chi connectivity index (χ2v) is 4.40. The number of carbonyl (C=O) groups is 1. The van der Waals surface area contributed by atoms with E-state index in [1.54, 1.807) is 21.0 Å². The van der Waals surface area contributed by atoms with Gasteiger partial charge in [-0.15, -0.1) is 0 Å². The van der Waals surface area contributed by atoms with Gasteiger partial charge in [0, 0.05) is 27.1 Å². The molecule has 6 heteroatoms. The Hall–Kier alpha value is -1.59. The highest BCUT2D eigenvalue weighted by atomic mass is 19.4. The first-order valence-corrected chi connectivity index (χ1v) is 5.41. The lowest BCUT2D eigenvalue weighted by Gasteiger charge is -2.14. The van der Waals surface area contributed by atoms with Crippen LogP contribution in [0.2, 0.25) is 0 Å². The third-order valence-electron chi connectivity index (χ3n) is 2.66. The smallest absolute Gasteiger partial charge is 0.345 e. The van der Waals surface area contributed by atoms with Crippen LogP contribution in [0.15, 0.2) is 12.3 Å².